The minimum atomic E-state index is -1.18. The van der Waals surface area contributed by atoms with Gasteiger partial charge >= 0.3 is 0 Å². The van der Waals surface area contributed by atoms with Crippen LogP contribution >= 0.6 is 11.6 Å². The number of alkyl halides is 1. The monoisotopic (exact) mass is 151 g/mol. The van der Waals surface area contributed by atoms with Crippen molar-refractivity contribution < 1.29 is 9.59 Å². The van der Waals surface area contributed by atoms with Gasteiger partial charge in [-0.25, -0.2) is 0 Å². The number of nitrogens with two attached hydrogens (primary N) is 1. The first-order valence-electron chi connectivity index (χ1n) is 2.07. The van der Waals surface area contributed by atoms with Gasteiger partial charge in [0.05, 0.1) is 0 Å². The Balaban J connectivity index is 3.58. The van der Waals surface area contributed by atoms with E-state index in [2.05, 4.69) is 5.84 Å². The van der Waals surface area contributed by atoms with E-state index in [1.54, 1.807) is 0 Å². The molecule has 0 saturated carbocycles. The molecule has 4 N–H and O–H groups in total. The molecule has 0 bridgehead atoms. The lowest BCUT2D eigenvalue weighted by Gasteiger charge is -2.00. The van der Waals surface area contributed by atoms with E-state index in [9.17, 15) is 9.59 Å². The van der Waals surface area contributed by atoms with E-state index in [0.29, 0.717) is 6.29 Å². The molecular weight excluding hydrogens is 146 g/mol. The Hall–Kier alpha value is -0.650. The number of rotatable bonds is 3. The largest absolute Gasteiger partial charge is 0.301 e. The quantitative estimate of drug-likeness (QED) is 0.147. The number of nitrogens with one attached hydrogen (secondary N) is 2. The zero-order valence-corrected chi connectivity index (χ0v) is 5.18. The Labute approximate surface area is 56.5 Å². The molecule has 0 aromatic rings. The first kappa shape index (κ1) is 8.35. The summed E-state index contributed by atoms with van der Waals surface area (Å²) in [5.41, 5.74) is 3.76. The number of carbonyl (C=O) groups is 2. The van der Waals surface area contributed by atoms with Crippen LogP contribution in [0.3, 0.4) is 0 Å². The molecule has 0 spiro atoms. The lowest BCUT2D eigenvalue weighted by Crippen LogP contribution is -2.46. The van der Waals surface area contributed by atoms with Crippen LogP contribution in [-0.4, -0.2) is 17.6 Å². The van der Waals surface area contributed by atoms with Crippen molar-refractivity contribution in [2.45, 2.75) is 5.38 Å². The minimum absolute atomic E-state index is 0.300. The fourth-order valence-electron chi connectivity index (χ4n) is 0.202. The van der Waals surface area contributed by atoms with Gasteiger partial charge in [0.25, 0.3) is 5.91 Å². The van der Waals surface area contributed by atoms with Gasteiger partial charge in [0.2, 0.25) is 0 Å². The lowest BCUT2D eigenvalue weighted by atomic mass is 10.4. The molecule has 52 valence electrons. The van der Waals surface area contributed by atoms with Gasteiger partial charge in [0.15, 0.2) is 5.38 Å². The maximum Gasteiger partial charge on any atom is 0.260 e. The van der Waals surface area contributed by atoms with Crippen molar-refractivity contribution in [3.05, 3.63) is 0 Å². The standard InChI is InChI=1S/C3H6ClN3O2/c4-2(1-8)3(9)6-7-5/h1-2,7H,5H2,(H,6,9). The van der Waals surface area contributed by atoms with Gasteiger partial charge in [-0.15, -0.1) is 11.6 Å². The number of hydrazine groups is 2. The summed E-state index contributed by atoms with van der Waals surface area (Å²) in [5, 5.41) is -1.18. The number of halogens is 1. The van der Waals surface area contributed by atoms with Crippen LogP contribution in [-0.2, 0) is 9.59 Å². The summed E-state index contributed by atoms with van der Waals surface area (Å²) in [5.74, 6) is 3.99. The molecular formula is C3H6ClN3O2. The third-order valence-corrected chi connectivity index (χ3v) is 0.866. The van der Waals surface area contributed by atoms with Crippen molar-refractivity contribution in [1.82, 2.24) is 11.0 Å². The molecule has 0 radical (unpaired) electrons. The fraction of sp³-hybridized carbons (Fsp3) is 0.333. The number of carbonyl (C=O) groups excluding carboxylic acids is 2. The summed E-state index contributed by atoms with van der Waals surface area (Å²) in [6.07, 6.45) is 0.300. The number of aldehydes is 1. The molecule has 0 fully saturated rings. The number of amides is 1. The predicted molar refractivity (Wildman–Crippen MR) is 31.2 cm³/mol. The highest BCUT2D eigenvalue weighted by molar-refractivity contribution is 6.38. The van der Waals surface area contributed by atoms with Crippen LogP contribution in [0.15, 0.2) is 0 Å². The maximum absolute atomic E-state index is 10.4. The Bertz CT molecular complexity index is 118. The van der Waals surface area contributed by atoms with Crippen LogP contribution in [0.25, 0.3) is 0 Å². The molecule has 0 aliphatic carbocycles. The van der Waals surface area contributed by atoms with Crippen molar-refractivity contribution >= 4 is 23.8 Å². The van der Waals surface area contributed by atoms with Gasteiger partial charge in [-0.3, -0.25) is 16.1 Å². The van der Waals surface area contributed by atoms with Crippen LogP contribution in [0, 0.1) is 0 Å². The van der Waals surface area contributed by atoms with Crippen LogP contribution in [0.1, 0.15) is 0 Å². The van der Waals surface area contributed by atoms with E-state index in [0.717, 1.165) is 0 Å². The molecule has 0 aliphatic rings. The van der Waals surface area contributed by atoms with Crippen LogP contribution in [0.4, 0.5) is 0 Å². The van der Waals surface area contributed by atoms with Crippen LogP contribution in [0.5, 0.6) is 0 Å². The molecule has 5 nitrogen and oxygen atoms in total. The Morgan fingerprint density at radius 2 is 2.33 bits per heavy atom. The topological polar surface area (TPSA) is 84.2 Å². The highest BCUT2D eigenvalue weighted by Crippen LogP contribution is 1.87. The molecule has 0 saturated heterocycles. The van der Waals surface area contributed by atoms with E-state index in [4.69, 9.17) is 11.6 Å². The smallest absolute Gasteiger partial charge is 0.260 e. The van der Waals surface area contributed by atoms with E-state index in [1.165, 1.54) is 0 Å². The van der Waals surface area contributed by atoms with Crippen molar-refractivity contribution in [2.24, 2.45) is 5.84 Å². The normalized spacial score (nSPS) is 12.2. The molecule has 1 atom stereocenters. The summed E-state index contributed by atoms with van der Waals surface area (Å²) in [7, 11) is 0. The third-order valence-electron chi connectivity index (χ3n) is 0.565. The zero-order chi connectivity index (χ0) is 7.28. The Morgan fingerprint density at radius 3 is 2.67 bits per heavy atom. The van der Waals surface area contributed by atoms with Crippen molar-refractivity contribution in [3.63, 3.8) is 0 Å². The lowest BCUT2D eigenvalue weighted by molar-refractivity contribution is -0.124. The van der Waals surface area contributed by atoms with E-state index in [-0.39, 0.29) is 0 Å². The second kappa shape index (κ2) is 4.25. The Kier molecular flexibility index (Phi) is 3.94. The van der Waals surface area contributed by atoms with Crippen molar-refractivity contribution in [1.29, 1.82) is 0 Å². The van der Waals surface area contributed by atoms with Gasteiger partial charge in [0.1, 0.15) is 6.29 Å². The predicted octanol–water partition coefficient (Wildman–Crippen LogP) is -1.71. The Morgan fingerprint density at radius 1 is 1.78 bits per heavy atom. The van der Waals surface area contributed by atoms with Gasteiger partial charge in [-0.1, -0.05) is 0 Å². The summed E-state index contributed by atoms with van der Waals surface area (Å²) < 4.78 is 0. The third kappa shape index (κ3) is 3.02. The molecule has 0 aromatic heterocycles. The summed E-state index contributed by atoms with van der Waals surface area (Å²) in [6, 6.07) is 0. The number of hydrogen-bond donors (Lipinski definition) is 3. The fourth-order valence-corrected chi connectivity index (χ4v) is 0.256. The van der Waals surface area contributed by atoms with E-state index in [1.807, 2.05) is 11.0 Å². The van der Waals surface area contributed by atoms with Gasteiger partial charge < -0.3 is 4.79 Å². The van der Waals surface area contributed by atoms with Gasteiger partial charge in [0, 0.05) is 0 Å². The average Bonchev–Trinajstić information content (AvgIpc) is 1.87. The molecule has 1 unspecified atom stereocenters. The first-order valence-corrected chi connectivity index (χ1v) is 2.51. The van der Waals surface area contributed by atoms with Gasteiger partial charge in [-0.2, -0.15) is 5.53 Å². The van der Waals surface area contributed by atoms with E-state index < -0.39 is 11.3 Å². The zero-order valence-electron chi connectivity index (χ0n) is 4.43. The van der Waals surface area contributed by atoms with Crippen molar-refractivity contribution in [3.8, 4) is 0 Å². The molecule has 0 aliphatic heterocycles. The molecule has 0 aromatic carbocycles. The van der Waals surface area contributed by atoms with Crippen LogP contribution < -0.4 is 16.8 Å². The SMILES string of the molecule is NNNC(=O)C(Cl)C=O. The summed E-state index contributed by atoms with van der Waals surface area (Å²) >= 11 is 5.12. The molecule has 0 rings (SSSR count). The molecule has 9 heavy (non-hydrogen) atoms. The molecule has 0 heterocycles. The summed E-state index contributed by atoms with van der Waals surface area (Å²) in [4.78, 5) is 20.1. The highest BCUT2D eigenvalue weighted by Gasteiger charge is 2.11. The second-order valence-corrected chi connectivity index (χ2v) is 1.64. The van der Waals surface area contributed by atoms with E-state index >= 15 is 0 Å². The van der Waals surface area contributed by atoms with Crippen LogP contribution in [0.2, 0.25) is 0 Å². The second-order valence-electron chi connectivity index (χ2n) is 1.17. The maximum atomic E-state index is 10.4. The molecule has 1 amide bonds. The average molecular weight is 152 g/mol. The molecule has 6 heteroatoms. The number of hydrogen-bond acceptors (Lipinski definition) is 4. The van der Waals surface area contributed by atoms with Crippen molar-refractivity contribution in [2.75, 3.05) is 0 Å². The minimum Gasteiger partial charge on any atom is -0.301 e. The van der Waals surface area contributed by atoms with Gasteiger partial charge in [-0.05, 0) is 0 Å². The highest BCUT2D eigenvalue weighted by atomic mass is 35.5. The summed E-state index contributed by atoms with van der Waals surface area (Å²) in [6.45, 7) is 0. The first-order chi connectivity index (χ1) is 4.22.